The Morgan fingerprint density at radius 3 is 2.84 bits per heavy atom. The number of carbonyl (C=O) groups excluding carboxylic acids is 1. The van der Waals surface area contributed by atoms with Crippen LogP contribution in [-0.4, -0.2) is 42.2 Å². The Morgan fingerprint density at radius 1 is 1.28 bits per heavy atom. The first-order valence-electron chi connectivity index (χ1n) is 7.50. The van der Waals surface area contributed by atoms with E-state index >= 15 is 0 Å². The van der Waals surface area contributed by atoms with Crippen molar-refractivity contribution in [3.05, 3.63) is 52.1 Å². The molecular formula is C16H14N6O3. The van der Waals surface area contributed by atoms with Crippen LogP contribution in [-0.2, 0) is 4.74 Å². The summed E-state index contributed by atoms with van der Waals surface area (Å²) in [5.74, 6) is -0.128. The van der Waals surface area contributed by atoms with E-state index in [9.17, 15) is 9.59 Å². The maximum Gasteiger partial charge on any atom is 0.355 e. The molecule has 0 aliphatic carbocycles. The lowest BCUT2D eigenvalue weighted by Gasteiger charge is -2.06. The van der Waals surface area contributed by atoms with Crippen molar-refractivity contribution >= 4 is 22.5 Å². The Kier molecular flexibility index (Phi) is 3.17. The molecule has 4 heterocycles. The van der Waals surface area contributed by atoms with Crippen LogP contribution in [0.4, 0.5) is 0 Å². The molecule has 126 valence electrons. The number of H-pyrrole nitrogens is 1. The average Bonchev–Trinajstić information content (AvgIpc) is 3.12. The highest BCUT2D eigenvalue weighted by Gasteiger charge is 2.20. The fourth-order valence-electron chi connectivity index (χ4n) is 2.92. The van der Waals surface area contributed by atoms with Gasteiger partial charge in [0.2, 0.25) is 0 Å². The van der Waals surface area contributed by atoms with Crippen molar-refractivity contribution in [3.8, 4) is 5.82 Å². The standard InChI is InChI=1S/C16H14N6O3/c1-8-4-10-5-21(16(24)20-13(10)19-8)14-12-9(2)11(15(23)25-3)6-22(12)18-7-17-14/h4-7H,1-3H3,(H,19,20,24). The number of carbonyl (C=O) groups is 1. The topological polar surface area (TPSA) is 107 Å². The lowest BCUT2D eigenvalue weighted by molar-refractivity contribution is 0.0600. The maximum absolute atomic E-state index is 12.5. The molecule has 0 saturated heterocycles. The van der Waals surface area contributed by atoms with Gasteiger partial charge in [-0.3, -0.25) is 0 Å². The quantitative estimate of drug-likeness (QED) is 0.550. The molecule has 0 aliphatic rings. The third-order valence-electron chi connectivity index (χ3n) is 4.08. The summed E-state index contributed by atoms with van der Waals surface area (Å²) in [4.78, 5) is 35.7. The highest BCUT2D eigenvalue weighted by molar-refractivity contribution is 5.94. The van der Waals surface area contributed by atoms with E-state index < -0.39 is 11.7 Å². The molecule has 25 heavy (non-hydrogen) atoms. The fourth-order valence-corrected chi connectivity index (χ4v) is 2.92. The van der Waals surface area contributed by atoms with Crippen LogP contribution >= 0.6 is 0 Å². The third kappa shape index (κ3) is 2.20. The summed E-state index contributed by atoms with van der Waals surface area (Å²) in [6.45, 7) is 3.64. The Balaban J connectivity index is 2.04. The van der Waals surface area contributed by atoms with E-state index in [2.05, 4.69) is 20.1 Å². The normalized spacial score (nSPS) is 11.3. The number of methoxy groups -OCH3 is 1. The molecule has 0 bridgehead atoms. The Morgan fingerprint density at radius 2 is 2.08 bits per heavy atom. The molecule has 0 amide bonds. The number of hydrogen-bond donors (Lipinski definition) is 1. The van der Waals surface area contributed by atoms with Crippen LogP contribution < -0.4 is 5.69 Å². The van der Waals surface area contributed by atoms with Crippen molar-refractivity contribution in [3.63, 3.8) is 0 Å². The second kappa shape index (κ2) is 5.26. The highest BCUT2D eigenvalue weighted by atomic mass is 16.5. The fraction of sp³-hybridized carbons (Fsp3) is 0.188. The predicted molar refractivity (Wildman–Crippen MR) is 89.0 cm³/mol. The molecule has 0 saturated carbocycles. The average molecular weight is 338 g/mol. The van der Waals surface area contributed by atoms with Gasteiger partial charge in [-0.25, -0.2) is 23.7 Å². The number of nitrogens with one attached hydrogen (secondary N) is 1. The van der Waals surface area contributed by atoms with Crippen LogP contribution in [0.3, 0.4) is 0 Å². The summed E-state index contributed by atoms with van der Waals surface area (Å²) in [7, 11) is 1.31. The third-order valence-corrected chi connectivity index (χ3v) is 4.08. The number of hydrogen-bond acceptors (Lipinski definition) is 6. The zero-order valence-corrected chi connectivity index (χ0v) is 13.8. The molecule has 0 aliphatic heterocycles. The Labute approximate surface area is 140 Å². The predicted octanol–water partition coefficient (Wildman–Crippen LogP) is 1.16. The van der Waals surface area contributed by atoms with E-state index in [-0.39, 0.29) is 0 Å². The van der Waals surface area contributed by atoms with Crippen LogP contribution in [0, 0.1) is 13.8 Å². The molecular weight excluding hydrogens is 324 g/mol. The Hall–Kier alpha value is -3.49. The van der Waals surface area contributed by atoms with Gasteiger partial charge >= 0.3 is 11.7 Å². The van der Waals surface area contributed by atoms with Crippen molar-refractivity contribution in [2.24, 2.45) is 0 Å². The second-order valence-corrected chi connectivity index (χ2v) is 5.69. The van der Waals surface area contributed by atoms with Gasteiger partial charge in [0, 0.05) is 23.5 Å². The van der Waals surface area contributed by atoms with Crippen LogP contribution in [0.5, 0.6) is 0 Å². The molecule has 4 aromatic heterocycles. The lowest BCUT2D eigenvalue weighted by Crippen LogP contribution is -2.22. The number of rotatable bonds is 2. The molecule has 4 aromatic rings. The number of ether oxygens (including phenoxy) is 1. The van der Waals surface area contributed by atoms with Crippen molar-refractivity contribution in [1.82, 2.24) is 29.1 Å². The van der Waals surface area contributed by atoms with Crippen molar-refractivity contribution < 1.29 is 9.53 Å². The number of aromatic nitrogens is 6. The van der Waals surface area contributed by atoms with Crippen LogP contribution in [0.15, 0.2) is 29.6 Å². The number of fused-ring (bicyclic) bond motifs is 2. The monoisotopic (exact) mass is 338 g/mol. The van der Waals surface area contributed by atoms with E-state index in [4.69, 9.17) is 4.74 Å². The van der Waals surface area contributed by atoms with E-state index in [0.29, 0.717) is 28.1 Å². The summed E-state index contributed by atoms with van der Waals surface area (Å²) in [5.41, 5.74) is 2.47. The summed E-state index contributed by atoms with van der Waals surface area (Å²) >= 11 is 0. The van der Waals surface area contributed by atoms with Crippen molar-refractivity contribution in [2.75, 3.05) is 7.11 Å². The second-order valence-electron chi connectivity index (χ2n) is 5.69. The van der Waals surface area contributed by atoms with E-state index in [1.807, 2.05) is 13.0 Å². The van der Waals surface area contributed by atoms with Gasteiger partial charge in [0.1, 0.15) is 17.5 Å². The van der Waals surface area contributed by atoms with Crippen LogP contribution in [0.2, 0.25) is 0 Å². The first-order valence-corrected chi connectivity index (χ1v) is 7.50. The zero-order valence-electron chi connectivity index (χ0n) is 13.8. The molecule has 0 unspecified atom stereocenters. The van der Waals surface area contributed by atoms with Gasteiger partial charge in [0.15, 0.2) is 5.82 Å². The Bertz CT molecular complexity index is 1200. The summed E-state index contributed by atoms with van der Waals surface area (Å²) in [5, 5.41) is 4.90. The molecule has 1 N–H and O–H groups in total. The van der Waals surface area contributed by atoms with Crippen LogP contribution in [0.1, 0.15) is 21.6 Å². The molecule has 9 heteroatoms. The molecule has 9 nitrogen and oxygen atoms in total. The number of nitrogens with zero attached hydrogens (tertiary/aromatic N) is 5. The zero-order chi connectivity index (χ0) is 17.7. The SMILES string of the molecule is COC(=O)c1cn2ncnc(-n3cc4cc(C)[nH]c4nc3=O)c2c1C. The van der Waals surface area contributed by atoms with E-state index in [1.165, 1.54) is 22.5 Å². The summed E-state index contributed by atoms with van der Waals surface area (Å²) in [6.07, 6.45) is 4.54. The molecule has 0 fully saturated rings. The minimum Gasteiger partial charge on any atom is -0.465 e. The van der Waals surface area contributed by atoms with Gasteiger partial charge in [-0.2, -0.15) is 10.1 Å². The number of aromatic amines is 1. The van der Waals surface area contributed by atoms with E-state index in [0.717, 1.165) is 11.1 Å². The first-order chi connectivity index (χ1) is 12.0. The molecule has 0 atom stereocenters. The van der Waals surface area contributed by atoms with Crippen molar-refractivity contribution in [1.29, 1.82) is 0 Å². The molecule has 4 rings (SSSR count). The van der Waals surface area contributed by atoms with Crippen LogP contribution in [0.25, 0.3) is 22.4 Å². The largest absolute Gasteiger partial charge is 0.465 e. The smallest absolute Gasteiger partial charge is 0.355 e. The summed E-state index contributed by atoms with van der Waals surface area (Å²) < 4.78 is 7.64. The van der Waals surface area contributed by atoms with Gasteiger partial charge in [0.25, 0.3) is 0 Å². The maximum atomic E-state index is 12.5. The number of esters is 1. The first kappa shape index (κ1) is 15.1. The van der Waals surface area contributed by atoms with Gasteiger partial charge < -0.3 is 9.72 Å². The molecule has 0 spiro atoms. The molecule has 0 aromatic carbocycles. The number of aryl methyl sites for hydroxylation is 2. The summed E-state index contributed by atoms with van der Waals surface area (Å²) in [6, 6.07) is 1.89. The van der Waals surface area contributed by atoms with Gasteiger partial charge in [-0.15, -0.1) is 0 Å². The highest BCUT2D eigenvalue weighted by Crippen LogP contribution is 2.22. The van der Waals surface area contributed by atoms with Gasteiger partial charge in [0.05, 0.1) is 12.7 Å². The van der Waals surface area contributed by atoms with Crippen molar-refractivity contribution in [2.45, 2.75) is 13.8 Å². The minimum absolute atomic E-state index is 0.348. The van der Waals surface area contributed by atoms with E-state index in [1.54, 1.807) is 19.3 Å². The minimum atomic E-state index is -0.477. The van der Waals surface area contributed by atoms with Gasteiger partial charge in [-0.05, 0) is 25.5 Å². The van der Waals surface area contributed by atoms with Gasteiger partial charge in [-0.1, -0.05) is 0 Å². The lowest BCUT2D eigenvalue weighted by atomic mass is 10.2. The molecule has 0 radical (unpaired) electrons.